The molecule has 3 N–H and O–H groups in total. The van der Waals surface area contributed by atoms with Crippen molar-refractivity contribution in [2.45, 2.75) is 26.5 Å². The van der Waals surface area contributed by atoms with E-state index in [1.807, 2.05) is 42.5 Å². The molecule has 0 aliphatic heterocycles. The summed E-state index contributed by atoms with van der Waals surface area (Å²) in [5, 5.41) is 3.04. The van der Waals surface area contributed by atoms with Crippen molar-refractivity contribution in [3.63, 3.8) is 0 Å². The van der Waals surface area contributed by atoms with Crippen LogP contribution in [0.25, 0.3) is 0 Å². The fourth-order valence-electron chi connectivity index (χ4n) is 1.84. The van der Waals surface area contributed by atoms with Crippen molar-refractivity contribution in [1.82, 2.24) is 10.3 Å². The number of nitrogens with one attached hydrogen (secondary N) is 1. The zero-order chi connectivity index (χ0) is 15.6. The quantitative estimate of drug-likeness (QED) is 0.608. The maximum Gasteiger partial charge on any atom is 0.213 e. The van der Waals surface area contributed by atoms with Gasteiger partial charge in [-0.3, -0.25) is 0 Å². The molecule has 0 bridgehead atoms. The summed E-state index contributed by atoms with van der Waals surface area (Å²) in [5.41, 5.74) is 7.90. The van der Waals surface area contributed by atoms with Crippen LogP contribution < -0.4 is 15.8 Å². The number of aromatic nitrogens is 1. The lowest BCUT2D eigenvalue weighted by atomic mass is 10.2. The third kappa shape index (κ3) is 5.44. The van der Waals surface area contributed by atoms with Crippen molar-refractivity contribution in [2.75, 3.05) is 6.54 Å². The Bertz CT molecular complexity index is 599. The Hall–Kier alpha value is -2.56. The van der Waals surface area contributed by atoms with Gasteiger partial charge in [-0.1, -0.05) is 37.3 Å². The molecule has 1 heterocycles. The van der Waals surface area contributed by atoms with Gasteiger partial charge in [0.25, 0.3) is 0 Å². The number of rotatable bonds is 7. The summed E-state index contributed by atoms with van der Waals surface area (Å²) in [6.45, 7) is 3.92. The van der Waals surface area contributed by atoms with Gasteiger partial charge in [-0.05, 0) is 23.6 Å². The van der Waals surface area contributed by atoms with Crippen LogP contribution in [0.1, 0.15) is 24.5 Å². The molecule has 0 radical (unpaired) electrons. The minimum atomic E-state index is 0.463. The number of nitrogens with zero attached hydrogens (tertiary/aromatic N) is 2. The normalized spacial score (nSPS) is 11.2. The predicted molar refractivity (Wildman–Crippen MR) is 88.6 cm³/mol. The molecule has 0 saturated carbocycles. The van der Waals surface area contributed by atoms with Gasteiger partial charge in [0.15, 0.2) is 5.96 Å². The zero-order valence-electron chi connectivity index (χ0n) is 12.8. The van der Waals surface area contributed by atoms with E-state index < -0.39 is 0 Å². The molecule has 0 atom stereocenters. The molecule has 1 aromatic heterocycles. The van der Waals surface area contributed by atoms with Crippen LogP contribution in [0, 0.1) is 0 Å². The van der Waals surface area contributed by atoms with E-state index in [0.717, 1.165) is 24.1 Å². The number of ether oxygens (including phenoxy) is 1. The van der Waals surface area contributed by atoms with Crippen LogP contribution in [0.15, 0.2) is 53.7 Å². The number of nitrogens with two attached hydrogens (primary N) is 1. The van der Waals surface area contributed by atoms with Crippen molar-refractivity contribution in [1.29, 1.82) is 0 Å². The van der Waals surface area contributed by atoms with Gasteiger partial charge < -0.3 is 15.8 Å². The van der Waals surface area contributed by atoms with Gasteiger partial charge in [0.05, 0.1) is 6.54 Å². The van der Waals surface area contributed by atoms with Crippen molar-refractivity contribution in [2.24, 2.45) is 10.7 Å². The third-order valence-electron chi connectivity index (χ3n) is 3.02. The lowest BCUT2D eigenvalue weighted by molar-refractivity contribution is 0.293. The van der Waals surface area contributed by atoms with Crippen LogP contribution in [0.5, 0.6) is 5.88 Å². The molecule has 2 rings (SSSR count). The van der Waals surface area contributed by atoms with Gasteiger partial charge in [0.2, 0.25) is 5.88 Å². The maximum atomic E-state index is 5.77. The highest BCUT2D eigenvalue weighted by Gasteiger charge is 2.00. The Balaban J connectivity index is 1.89. The van der Waals surface area contributed by atoms with Gasteiger partial charge in [-0.2, -0.15) is 0 Å². The second kappa shape index (κ2) is 8.67. The number of hydrogen-bond acceptors (Lipinski definition) is 3. The highest BCUT2D eigenvalue weighted by atomic mass is 16.5. The molecule has 1 aromatic carbocycles. The fraction of sp³-hybridized carbons (Fsp3) is 0.294. The largest absolute Gasteiger partial charge is 0.473 e. The highest BCUT2D eigenvalue weighted by molar-refractivity contribution is 5.77. The van der Waals surface area contributed by atoms with Gasteiger partial charge in [0.1, 0.15) is 6.61 Å². The van der Waals surface area contributed by atoms with E-state index in [-0.39, 0.29) is 0 Å². The van der Waals surface area contributed by atoms with Crippen LogP contribution in [0.3, 0.4) is 0 Å². The van der Waals surface area contributed by atoms with Crippen molar-refractivity contribution in [3.8, 4) is 5.88 Å². The average molecular weight is 298 g/mol. The van der Waals surface area contributed by atoms with Crippen molar-refractivity contribution >= 4 is 5.96 Å². The average Bonchev–Trinajstić information content (AvgIpc) is 2.57. The number of guanidine groups is 1. The number of benzene rings is 1. The first-order valence-electron chi connectivity index (χ1n) is 7.43. The minimum absolute atomic E-state index is 0.463. The first-order chi connectivity index (χ1) is 10.8. The first-order valence-corrected chi connectivity index (χ1v) is 7.43. The van der Waals surface area contributed by atoms with E-state index in [1.165, 1.54) is 0 Å². The summed E-state index contributed by atoms with van der Waals surface area (Å²) < 4.78 is 5.70. The molecule has 0 unspecified atom stereocenters. The predicted octanol–water partition coefficient (Wildman–Crippen LogP) is 2.47. The zero-order valence-corrected chi connectivity index (χ0v) is 12.8. The fourth-order valence-corrected chi connectivity index (χ4v) is 1.84. The Kier molecular flexibility index (Phi) is 6.23. The molecule has 2 aromatic rings. The van der Waals surface area contributed by atoms with Crippen LogP contribution in [-0.2, 0) is 13.2 Å². The van der Waals surface area contributed by atoms with E-state index in [9.17, 15) is 0 Å². The molecule has 5 heteroatoms. The summed E-state index contributed by atoms with van der Waals surface area (Å²) in [5.74, 6) is 1.06. The second-order valence-corrected chi connectivity index (χ2v) is 4.90. The van der Waals surface area contributed by atoms with Crippen LogP contribution in [-0.4, -0.2) is 17.5 Å². The van der Waals surface area contributed by atoms with Gasteiger partial charge in [0, 0.05) is 18.8 Å². The monoisotopic (exact) mass is 298 g/mol. The highest BCUT2D eigenvalue weighted by Crippen LogP contribution is 2.12. The van der Waals surface area contributed by atoms with Crippen LogP contribution in [0.2, 0.25) is 0 Å². The van der Waals surface area contributed by atoms with Crippen LogP contribution in [0.4, 0.5) is 0 Å². The molecule has 0 amide bonds. The lowest BCUT2D eigenvalue weighted by Crippen LogP contribution is -2.32. The minimum Gasteiger partial charge on any atom is -0.473 e. The molecule has 0 fully saturated rings. The summed E-state index contributed by atoms with van der Waals surface area (Å²) in [4.78, 5) is 8.50. The third-order valence-corrected chi connectivity index (χ3v) is 3.02. The Labute approximate surface area is 131 Å². The van der Waals surface area contributed by atoms with Gasteiger partial charge in [-0.25, -0.2) is 9.98 Å². The summed E-state index contributed by atoms with van der Waals surface area (Å²) in [6.07, 6.45) is 2.74. The molecular weight excluding hydrogens is 276 g/mol. The molecule has 5 nitrogen and oxygen atoms in total. The summed E-state index contributed by atoms with van der Waals surface area (Å²) in [7, 11) is 0. The molecule has 0 spiro atoms. The molecule has 22 heavy (non-hydrogen) atoms. The van der Waals surface area contributed by atoms with E-state index >= 15 is 0 Å². The van der Waals surface area contributed by atoms with Gasteiger partial charge >= 0.3 is 0 Å². The molecular formula is C17H22N4O. The smallest absolute Gasteiger partial charge is 0.213 e. The van der Waals surface area contributed by atoms with Crippen molar-refractivity contribution < 1.29 is 4.74 Å². The van der Waals surface area contributed by atoms with E-state index in [2.05, 4.69) is 22.2 Å². The van der Waals surface area contributed by atoms with Crippen LogP contribution >= 0.6 is 0 Å². The maximum absolute atomic E-state index is 5.77. The number of aliphatic imine (C=N–C) groups is 1. The lowest BCUT2D eigenvalue weighted by Gasteiger charge is -2.07. The molecule has 116 valence electrons. The Morgan fingerprint density at radius 1 is 1.23 bits per heavy atom. The standard InChI is InChI=1S/C17H22N4O/c1-2-9-20-17(18)21-12-15-8-10-19-16(11-15)22-13-14-6-4-3-5-7-14/h3-8,10-11H,2,9,12-13H2,1H3,(H3,18,20,21). The second-order valence-electron chi connectivity index (χ2n) is 4.90. The Morgan fingerprint density at radius 3 is 2.82 bits per heavy atom. The van der Waals surface area contributed by atoms with Gasteiger partial charge in [-0.15, -0.1) is 0 Å². The van der Waals surface area contributed by atoms with E-state index in [1.54, 1.807) is 6.20 Å². The number of hydrogen-bond donors (Lipinski definition) is 2. The SMILES string of the molecule is CCCNC(N)=NCc1ccnc(OCc2ccccc2)c1. The summed E-state index contributed by atoms with van der Waals surface area (Å²) in [6, 6.07) is 13.8. The topological polar surface area (TPSA) is 72.5 Å². The number of pyridine rings is 1. The molecule has 0 aliphatic carbocycles. The molecule has 0 saturated heterocycles. The summed E-state index contributed by atoms with van der Waals surface area (Å²) >= 11 is 0. The first kappa shape index (κ1) is 15.8. The Morgan fingerprint density at radius 2 is 2.05 bits per heavy atom. The van der Waals surface area contributed by atoms with E-state index in [0.29, 0.717) is 25.0 Å². The van der Waals surface area contributed by atoms with Crippen molar-refractivity contribution in [3.05, 3.63) is 59.8 Å². The van der Waals surface area contributed by atoms with E-state index in [4.69, 9.17) is 10.5 Å². The molecule has 0 aliphatic rings.